The van der Waals surface area contributed by atoms with Crippen LogP contribution in [0.15, 0.2) is 24.4 Å². The van der Waals surface area contributed by atoms with Gasteiger partial charge in [0.1, 0.15) is 11.3 Å². The molecule has 0 atom stereocenters. The first-order chi connectivity index (χ1) is 9.08. The van der Waals surface area contributed by atoms with Crippen molar-refractivity contribution in [2.45, 2.75) is 13.8 Å². The Morgan fingerprint density at radius 2 is 2.05 bits per heavy atom. The lowest BCUT2D eigenvalue weighted by Gasteiger charge is -2.02. The Morgan fingerprint density at radius 1 is 1.26 bits per heavy atom. The highest BCUT2D eigenvalue weighted by Crippen LogP contribution is 2.29. The summed E-state index contributed by atoms with van der Waals surface area (Å²) in [4.78, 5) is 13.0. The molecule has 0 saturated heterocycles. The van der Waals surface area contributed by atoms with Gasteiger partial charge in [-0.15, -0.1) is 0 Å². The van der Waals surface area contributed by atoms with Crippen LogP contribution in [0.25, 0.3) is 22.6 Å². The first-order valence-corrected chi connectivity index (χ1v) is 6.15. The number of hydrogen-bond acceptors (Lipinski definition) is 4. The van der Waals surface area contributed by atoms with E-state index in [1.165, 1.54) is 4.09 Å². The van der Waals surface area contributed by atoms with Crippen LogP contribution in [-0.2, 0) is 0 Å². The number of pyridine rings is 2. The minimum atomic E-state index is 0.397. The third-order valence-corrected chi connectivity index (χ3v) is 3.28. The number of aryl methyl sites for hydroxylation is 2. The summed E-state index contributed by atoms with van der Waals surface area (Å²) in [5.74, 6) is 0.956. The zero-order chi connectivity index (χ0) is 13.6. The molecule has 5 nitrogen and oxygen atoms in total. The molecular formula is C13H12ClN5. The second kappa shape index (κ2) is 4.20. The number of anilines is 1. The van der Waals surface area contributed by atoms with E-state index in [1.54, 1.807) is 12.3 Å². The van der Waals surface area contributed by atoms with E-state index in [0.29, 0.717) is 22.9 Å². The van der Waals surface area contributed by atoms with E-state index in [1.807, 2.05) is 26.0 Å². The lowest BCUT2D eigenvalue weighted by Crippen LogP contribution is -1.96. The van der Waals surface area contributed by atoms with Crippen LogP contribution in [0.2, 0.25) is 0 Å². The van der Waals surface area contributed by atoms with Crippen LogP contribution in [-0.4, -0.2) is 19.0 Å². The molecule has 3 rings (SSSR count). The average molecular weight is 274 g/mol. The maximum absolute atomic E-state index is 6.32. The van der Waals surface area contributed by atoms with Crippen LogP contribution in [0.3, 0.4) is 0 Å². The number of nitrogens with two attached hydrogens (primary N) is 1. The van der Waals surface area contributed by atoms with Crippen LogP contribution in [0, 0.1) is 13.8 Å². The van der Waals surface area contributed by atoms with E-state index in [9.17, 15) is 0 Å². The fourth-order valence-corrected chi connectivity index (χ4v) is 2.35. The molecule has 96 valence electrons. The van der Waals surface area contributed by atoms with Gasteiger partial charge in [0.25, 0.3) is 0 Å². The van der Waals surface area contributed by atoms with E-state index in [4.69, 9.17) is 17.5 Å². The highest BCUT2D eigenvalue weighted by Gasteiger charge is 2.16. The maximum atomic E-state index is 6.32. The third kappa shape index (κ3) is 1.82. The minimum Gasteiger partial charge on any atom is -0.383 e. The molecule has 0 aliphatic heterocycles. The zero-order valence-corrected chi connectivity index (χ0v) is 11.3. The standard InChI is InChI=1S/C13H12ClN5/c1-7-6-8(2)17-13-10(7)18-12(19(13)14)9-4-3-5-16-11(9)15/h3-6H,1-2H3,(H2,15,16). The molecule has 0 unspecified atom stereocenters. The molecule has 0 radical (unpaired) electrons. The highest BCUT2D eigenvalue weighted by molar-refractivity contribution is 6.20. The number of nitrogens with zero attached hydrogens (tertiary/aromatic N) is 4. The molecule has 0 saturated carbocycles. The van der Waals surface area contributed by atoms with Gasteiger partial charge in [-0.2, -0.15) is 0 Å². The normalized spacial score (nSPS) is 11.1. The molecule has 0 aromatic carbocycles. The average Bonchev–Trinajstić information content (AvgIpc) is 2.68. The van der Waals surface area contributed by atoms with Crippen molar-refractivity contribution < 1.29 is 0 Å². The monoisotopic (exact) mass is 273 g/mol. The van der Waals surface area contributed by atoms with Gasteiger partial charge in [0.15, 0.2) is 11.5 Å². The van der Waals surface area contributed by atoms with E-state index >= 15 is 0 Å². The maximum Gasteiger partial charge on any atom is 0.175 e. The number of rotatable bonds is 1. The Labute approximate surface area is 115 Å². The van der Waals surface area contributed by atoms with E-state index in [-0.39, 0.29) is 0 Å². The van der Waals surface area contributed by atoms with Crippen LogP contribution in [0.1, 0.15) is 11.3 Å². The summed E-state index contributed by atoms with van der Waals surface area (Å²) >= 11 is 6.32. The number of nitrogen functional groups attached to an aromatic ring is 1. The lowest BCUT2D eigenvalue weighted by atomic mass is 10.2. The van der Waals surface area contributed by atoms with Gasteiger partial charge in [-0.3, -0.25) is 0 Å². The Balaban J connectivity index is 2.35. The molecular weight excluding hydrogens is 262 g/mol. The van der Waals surface area contributed by atoms with E-state index < -0.39 is 0 Å². The summed E-state index contributed by atoms with van der Waals surface area (Å²) in [6, 6.07) is 5.61. The van der Waals surface area contributed by atoms with Gasteiger partial charge in [-0.1, -0.05) is 0 Å². The number of imidazole rings is 1. The molecule has 0 spiro atoms. The quantitative estimate of drug-likeness (QED) is 0.740. The van der Waals surface area contributed by atoms with Gasteiger partial charge in [-0.05, 0) is 37.6 Å². The van der Waals surface area contributed by atoms with Gasteiger partial charge in [-0.25, -0.2) is 19.0 Å². The first-order valence-electron chi connectivity index (χ1n) is 5.81. The molecule has 3 aromatic heterocycles. The SMILES string of the molecule is Cc1cc(C)c2nc(-c3cccnc3N)n(Cl)c2n1. The van der Waals surface area contributed by atoms with Gasteiger partial charge < -0.3 is 5.73 Å². The smallest absolute Gasteiger partial charge is 0.175 e. The molecule has 2 N–H and O–H groups in total. The molecule has 0 bridgehead atoms. The van der Waals surface area contributed by atoms with Crippen molar-refractivity contribution in [1.29, 1.82) is 0 Å². The van der Waals surface area contributed by atoms with Gasteiger partial charge in [0.05, 0.1) is 5.56 Å². The van der Waals surface area contributed by atoms with Crippen molar-refractivity contribution in [3.8, 4) is 11.4 Å². The molecule has 0 fully saturated rings. The predicted molar refractivity (Wildman–Crippen MR) is 75.9 cm³/mol. The number of hydrogen-bond donors (Lipinski definition) is 1. The molecule has 0 aliphatic carbocycles. The van der Waals surface area contributed by atoms with E-state index in [2.05, 4.69) is 15.0 Å². The molecule has 6 heteroatoms. The fraction of sp³-hybridized carbons (Fsp3) is 0.154. The summed E-state index contributed by atoms with van der Waals surface area (Å²) in [5, 5.41) is 0. The topological polar surface area (TPSA) is 69.6 Å². The zero-order valence-electron chi connectivity index (χ0n) is 10.6. The van der Waals surface area contributed by atoms with Crippen LogP contribution in [0.5, 0.6) is 0 Å². The summed E-state index contributed by atoms with van der Waals surface area (Å²) < 4.78 is 1.43. The molecule has 19 heavy (non-hydrogen) atoms. The number of halogens is 1. The van der Waals surface area contributed by atoms with Crippen molar-refractivity contribution in [3.05, 3.63) is 35.7 Å². The Kier molecular flexibility index (Phi) is 2.64. The second-order valence-electron chi connectivity index (χ2n) is 4.41. The third-order valence-electron chi connectivity index (χ3n) is 2.96. The largest absolute Gasteiger partial charge is 0.383 e. The van der Waals surface area contributed by atoms with Crippen molar-refractivity contribution >= 4 is 28.8 Å². The second-order valence-corrected chi connectivity index (χ2v) is 4.74. The first kappa shape index (κ1) is 11.9. The Bertz CT molecular complexity index is 778. The lowest BCUT2D eigenvalue weighted by molar-refractivity contribution is 1.17. The fourth-order valence-electron chi connectivity index (χ4n) is 2.11. The van der Waals surface area contributed by atoms with Crippen molar-refractivity contribution in [2.75, 3.05) is 5.73 Å². The highest BCUT2D eigenvalue weighted by atomic mass is 35.5. The summed E-state index contributed by atoms with van der Waals surface area (Å²) in [6.07, 6.45) is 1.63. The van der Waals surface area contributed by atoms with Gasteiger partial charge >= 0.3 is 0 Å². The summed E-state index contributed by atoms with van der Waals surface area (Å²) in [7, 11) is 0. The number of fused-ring (bicyclic) bond motifs is 1. The van der Waals surface area contributed by atoms with Crippen LogP contribution >= 0.6 is 11.8 Å². The van der Waals surface area contributed by atoms with Crippen molar-refractivity contribution in [3.63, 3.8) is 0 Å². The van der Waals surface area contributed by atoms with Gasteiger partial charge in [0, 0.05) is 23.7 Å². The minimum absolute atomic E-state index is 0.397. The summed E-state index contributed by atoms with van der Waals surface area (Å²) in [6.45, 7) is 3.91. The molecule has 0 amide bonds. The van der Waals surface area contributed by atoms with Crippen LogP contribution < -0.4 is 5.73 Å². The molecule has 3 aromatic rings. The predicted octanol–water partition coefficient (Wildman–Crippen LogP) is 2.69. The van der Waals surface area contributed by atoms with Crippen LogP contribution in [0.4, 0.5) is 5.82 Å². The molecule has 0 aliphatic rings. The summed E-state index contributed by atoms with van der Waals surface area (Å²) in [5.41, 5.74) is 9.92. The number of aromatic nitrogens is 4. The molecule has 3 heterocycles. The van der Waals surface area contributed by atoms with Gasteiger partial charge in [0.2, 0.25) is 0 Å². The Hall–Kier alpha value is -2.14. The Morgan fingerprint density at radius 3 is 2.79 bits per heavy atom. The van der Waals surface area contributed by atoms with Crippen molar-refractivity contribution in [1.82, 2.24) is 19.0 Å². The van der Waals surface area contributed by atoms with E-state index in [0.717, 1.165) is 16.8 Å². The van der Waals surface area contributed by atoms with Crippen molar-refractivity contribution in [2.24, 2.45) is 0 Å².